The Kier molecular flexibility index (Phi) is 7.79. The molecule has 0 aliphatic heterocycles. The fraction of sp³-hybridized carbons (Fsp3) is 0.500. The summed E-state index contributed by atoms with van der Waals surface area (Å²) in [6.07, 6.45) is 0.855. The van der Waals surface area contributed by atoms with E-state index in [4.69, 9.17) is 10.2 Å². The van der Waals surface area contributed by atoms with Gasteiger partial charge >= 0.3 is 0 Å². The number of anilines is 1. The molecule has 1 aromatic rings. The number of halogens is 1. The summed E-state index contributed by atoms with van der Waals surface area (Å²) in [4.78, 5) is 13.6. The third-order valence-electron chi connectivity index (χ3n) is 2.81. The first-order valence-electron chi connectivity index (χ1n) is 6.65. The lowest BCUT2D eigenvalue weighted by Gasteiger charge is -2.20. The molecule has 0 saturated heterocycles. The van der Waals surface area contributed by atoms with Crippen LogP contribution in [0.15, 0.2) is 24.3 Å². The highest BCUT2D eigenvalue weighted by atomic mass is 19.1. The van der Waals surface area contributed by atoms with Crippen molar-refractivity contribution in [2.24, 2.45) is 0 Å². The lowest BCUT2D eigenvalue weighted by Crippen LogP contribution is -2.31. The molecule has 0 aliphatic carbocycles. The van der Waals surface area contributed by atoms with Gasteiger partial charge in [0.2, 0.25) is 5.91 Å². The zero-order valence-corrected chi connectivity index (χ0v) is 11.4. The molecular formula is C14H21FN2O3. The minimum atomic E-state index is -0.396. The number of carbonyl (C=O) groups excluding carboxylic acids is 1. The van der Waals surface area contributed by atoms with E-state index in [0.717, 1.165) is 0 Å². The van der Waals surface area contributed by atoms with Gasteiger partial charge in [0, 0.05) is 38.3 Å². The summed E-state index contributed by atoms with van der Waals surface area (Å²) >= 11 is 0. The van der Waals surface area contributed by atoms with Gasteiger partial charge in [0.1, 0.15) is 5.82 Å². The first-order valence-corrected chi connectivity index (χ1v) is 6.65. The first-order chi connectivity index (χ1) is 9.65. The Labute approximate surface area is 118 Å². The van der Waals surface area contributed by atoms with Crippen LogP contribution in [0.4, 0.5) is 10.1 Å². The molecule has 0 saturated carbocycles. The first kappa shape index (κ1) is 16.6. The van der Waals surface area contributed by atoms with E-state index in [9.17, 15) is 9.18 Å². The summed E-state index contributed by atoms with van der Waals surface area (Å²) in [6, 6.07) is 5.73. The van der Waals surface area contributed by atoms with Crippen molar-refractivity contribution in [1.82, 2.24) is 4.90 Å². The second kappa shape index (κ2) is 9.41. The van der Waals surface area contributed by atoms with Gasteiger partial charge in [0.25, 0.3) is 0 Å². The lowest BCUT2D eigenvalue weighted by atomic mass is 10.3. The average molecular weight is 284 g/mol. The van der Waals surface area contributed by atoms with Gasteiger partial charge in [-0.05, 0) is 24.6 Å². The smallest absolute Gasteiger partial charge is 0.225 e. The third-order valence-corrected chi connectivity index (χ3v) is 2.81. The lowest BCUT2D eigenvalue weighted by molar-refractivity contribution is -0.116. The number of hydrogen-bond donors (Lipinski definition) is 3. The highest BCUT2D eigenvalue weighted by molar-refractivity contribution is 5.90. The minimum Gasteiger partial charge on any atom is -0.396 e. The zero-order chi connectivity index (χ0) is 14.8. The van der Waals surface area contributed by atoms with Gasteiger partial charge in [-0.1, -0.05) is 6.07 Å². The van der Waals surface area contributed by atoms with Crippen LogP contribution in [0.25, 0.3) is 0 Å². The van der Waals surface area contributed by atoms with Crippen LogP contribution >= 0.6 is 0 Å². The number of hydrogen-bond acceptors (Lipinski definition) is 4. The van der Waals surface area contributed by atoms with E-state index >= 15 is 0 Å². The van der Waals surface area contributed by atoms with Crippen molar-refractivity contribution in [3.05, 3.63) is 30.1 Å². The molecule has 0 heterocycles. The highest BCUT2D eigenvalue weighted by Gasteiger charge is 2.08. The number of aliphatic hydroxyl groups is 2. The van der Waals surface area contributed by atoms with Crippen molar-refractivity contribution in [2.45, 2.75) is 12.8 Å². The average Bonchev–Trinajstić information content (AvgIpc) is 2.42. The highest BCUT2D eigenvalue weighted by Crippen LogP contribution is 2.09. The van der Waals surface area contributed by atoms with Crippen LogP contribution in [-0.2, 0) is 4.79 Å². The second-order valence-electron chi connectivity index (χ2n) is 4.45. The molecule has 0 unspecified atom stereocenters. The maximum atomic E-state index is 13.0. The molecule has 6 heteroatoms. The van der Waals surface area contributed by atoms with E-state index in [1.165, 1.54) is 18.2 Å². The summed E-state index contributed by atoms with van der Waals surface area (Å²) in [7, 11) is 0. The standard InChI is InChI=1S/C14H21FN2O3/c15-12-3-1-4-13(11-12)16-14(20)5-7-17(8-10-19)6-2-9-18/h1,3-4,11,18-19H,2,5-10H2,(H,16,20). The molecule has 1 aromatic carbocycles. The van der Waals surface area contributed by atoms with Gasteiger partial charge in [-0.25, -0.2) is 4.39 Å². The molecule has 3 N–H and O–H groups in total. The molecule has 0 bridgehead atoms. The largest absolute Gasteiger partial charge is 0.396 e. The van der Waals surface area contributed by atoms with E-state index in [1.807, 2.05) is 4.90 Å². The molecule has 112 valence electrons. The normalized spacial score (nSPS) is 10.8. The van der Waals surface area contributed by atoms with Crippen molar-refractivity contribution in [3.8, 4) is 0 Å². The Morgan fingerprint density at radius 1 is 1.20 bits per heavy atom. The number of amides is 1. The summed E-state index contributed by atoms with van der Waals surface area (Å²) in [5.74, 6) is -0.602. The van der Waals surface area contributed by atoms with Gasteiger partial charge in [0.15, 0.2) is 0 Å². The number of carbonyl (C=O) groups is 1. The van der Waals surface area contributed by atoms with Gasteiger partial charge in [0.05, 0.1) is 6.61 Å². The monoisotopic (exact) mass is 284 g/mol. The van der Waals surface area contributed by atoms with Crippen LogP contribution in [0.3, 0.4) is 0 Å². The Balaban J connectivity index is 2.37. The number of rotatable bonds is 9. The fourth-order valence-corrected chi connectivity index (χ4v) is 1.82. The van der Waals surface area contributed by atoms with Crippen molar-refractivity contribution in [1.29, 1.82) is 0 Å². The fourth-order valence-electron chi connectivity index (χ4n) is 1.82. The molecule has 1 rings (SSSR count). The van der Waals surface area contributed by atoms with E-state index < -0.39 is 5.82 Å². The van der Waals surface area contributed by atoms with E-state index in [-0.39, 0.29) is 25.5 Å². The number of aliphatic hydroxyl groups excluding tert-OH is 2. The Hall–Kier alpha value is -1.50. The summed E-state index contributed by atoms with van der Waals surface area (Å²) < 4.78 is 13.0. The van der Waals surface area contributed by atoms with Crippen LogP contribution in [0, 0.1) is 5.82 Å². The molecule has 1 amide bonds. The molecular weight excluding hydrogens is 263 g/mol. The third kappa shape index (κ3) is 6.60. The van der Waals surface area contributed by atoms with Gasteiger partial charge in [-0.15, -0.1) is 0 Å². The van der Waals surface area contributed by atoms with E-state index in [1.54, 1.807) is 6.07 Å². The molecule has 5 nitrogen and oxygen atoms in total. The number of benzene rings is 1. The molecule has 0 fully saturated rings. The molecule has 0 spiro atoms. The van der Waals surface area contributed by atoms with Crippen LogP contribution in [0.5, 0.6) is 0 Å². The van der Waals surface area contributed by atoms with Crippen LogP contribution in [0.1, 0.15) is 12.8 Å². The maximum Gasteiger partial charge on any atom is 0.225 e. The summed E-state index contributed by atoms with van der Waals surface area (Å²) in [5.41, 5.74) is 0.430. The van der Waals surface area contributed by atoms with Gasteiger partial charge < -0.3 is 20.4 Å². The van der Waals surface area contributed by atoms with Crippen molar-refractivity contribution in [2.75, 3.05) is 38.2 Å². The van der Waals surface area contributed by atoms with Crippen molar-refractivity contribution in [3.63, 3.8) is 0 Å². The summed E-state index contributed by atoms with van der Waals surface area (Å²) in [6.45, 7) is 1.67. The molecule has 0 radical (unpaired) electrons. The molecule has 0 aliphatic rings. The Bertz CT molecular complexity index is 415. The van der Waals surface area contributed by atoms with Gasteiger partial charge in [-0.2, -0.15) is 0 Å². The van der Waals surface area contributed by atoms with Crippen molar-refractivity contribution >= 4 is 11.6 Å². The summed E-state index contributed by atoms with van der Waals surface area (Å²) in [5, 5.41) is 20.3. The molecule has 0 aromatic heterocycles. The predicted molar refractivity (Wildman–Crippen MR) is 74.9 cm³/mol. The van der Waals surface area contributed by atoms with E-state index in [2.05, 4.69) is 5.32 Å². The SMILES string of the molecule is O=C(CCN(CCO)CCCO)Nc1cccc(F)c1. The van der Waals surface area contributed by atoms with E-state index in [0.29, 0.717) is 31.7 Å². The molecule has 0 atom stereocenters. The van der Waals surface area contributed by atoms with Crippen LogP contribution in [0.2, 0.25) is 0 Å². The second-order valence-corrected chi connectivity index (χ2v) is 4.45. The quantitative estimate of drug-likeness (QED) is 0.628. The minimum absolute atomic E-state index is 0.0109. The molecule has 20 heavy (non-hydrogen) atoms. The Morgan fingerprint density at radius 3 is 2.65 bits per heavy atom. The number of nitrogens with zero attached hydrogens (tertiary/aromatic N) is 1. The zero-order valence-electron chi connectivity index (χ0n) is 11.4. The topological polar surface area (TPSA) is 72.8 Å². The van der Waals surface area contributed by atoms with Crippen LogP contribution < -0.4 is 5.32 Å². The van der Waals surface area contributed by atoms with Crippen molar-refractivity contribution < 1.29 is 19.4 Å². The van der Waals surface area contributed by atoms with Gasteiger partial charge in [-0.3, -0.25) is 4.79 Å². The Morgan fingerprint density at radius 2 is 2.00 bits per heavy atom. The number of nitrogens with one attached hydrogen (secondary N) is 1. The van der Waals surface area contributed by atoms with Crippen LogP contribution in [-0.4, -0.2) is 53.9 Å². The predicted octanol–water partition coefficient (Wildman–Crippen LogP) is 0.831. The maximum absolute atomic E-state index is 13.0.